The smallest absolute Gasteiger partial charge is 0.00713 e. The van der Waals surface area contributed by atoms with Crippen molar-refractivity contribution < 1.29 is 0 Å². The van der Waals surface area contributed by atoms with Gasteiger partial charge in [-0.3, -0.25) is 0 Å². The number of hydrogen-bond acceptors (Lipinski definition) is 1. The first-order valence-electron chi connectivity index (χ1n) is 8.06. The van der Waals surface area contributed by atoms with Gasteiger partial charge in [0.1, 0.15) is 0 Å². The van der Waals surface area contributed by atoms with Crippen molar-refractivity contribution in [3.8, 4) is 0 Å². The third-order valence-corrected chi connectivity index (χ3v) is 4.99. The van der Waals surface area contributed by atoms with Crippen LogP contribution in [0.3, 0.4) is 0 Å². The zero-order chi connectivity index (χ0) is 13.7. The first-order chi connectivity index (χ1) is 9.26. The van der Waals surface area contributed by atoms with Crippen LogP contribution < -0.4 is 5.73 Å². The van der Waals surface area contributed by atoms with Gasteiger partial charge in [0.05, 0.1) is 0 Å². The second-order valence-corrected chi connectivity index (χ2v) is 6.20. The summed E-state index contributed by atoms with van der Waals surface area (Å²) in [5.41, 5.74) is 8.83. The fraction of sp³-hybridized carbons (Fsp3) is 0.667. The van der Waals surface area contributed by atoms with E-state index in [1.54, 1.807) is 0 Å². The monoisotopic (exact) mass is 259 g/mol. The summed E-state index contributed by atoms with van der Waals surface area (Å²) in [7, 11) is 0. The average Bonchev–Trinajstić information content (AvgIpc) is 2.98. The Bertz CT molecular complexity index is 362. The summed E-state index contributed by atoms with van der Waals surface area (Å²) in [5.74, 6) is 2.24. The van der Waals surface area contributed by atoms with Crippen LogP contribution in [-0.4, -0.2) is 6.54 Å². The number of rotatable bonds is 6. The van der Waals surface area contributed by atoms with E-state index in [0.717, 1.165) is 18.9 Å². The van der Waals surface area contributed by atoms with E-state index in [9.17, 15) is 0 Å². The van der Waals surface area contributed by atoms with Crippen molar-refractivity contribution in [1.29, 1.82) is 0 Å². The summed E-state index contributed by atoms with van der Waals surface area (Å²) in [6.45, 7) is 5.38. The van der Waals surface area contributed by atoms with Crippen LogP contribution >= 0.6 is 0 Å². The minimum Gasteiger partial charge on any atom is -0.330 e. The van der Waals surface area contributed by atoms with Crippen LogP contribution in [0.1, 0.15) is 75.3 Å². The first kappa shape index (κ1) is 14.6. The molecule has 0 saturated heterocycles. The van der Waals surface area contributed by atoms with Gasteiger partial charge in [0.2, 0.25) is 0 Å². The Morgan fingerprint density at radius 2 is 1.68 bits per heavy atom. The van der Waals surface area contributed by atoms with Crippen LogP contribution in [0.25, 0.3) is 0 Å². The third-order valence-electron chi connectivity index (χ3n) is 4.99. The maximum absolute atomic E-state index is 5.83. The minimum absolute atomic E-state index is 0.675. The van der Waals surface area contributed by atoms with Crippen LogP contribution in [-0.2, 0) is 0 Å². The molecule has 0 radical (unpaired) electrons. The van der Waals surface area contributed by atoms with Gasteiger partial charge in [-0.15, -0.1) is 0 Å². The second kappa shape index (κ2) is 7.09. The highest BCUT2D eigenvalue weighted by molar-refractivity contribution is 5.28. The molecule has 0 amide bonds. The highest BCUT2D eigenvalue weighted by Crippen LogP contribution is 2.39. The Morgan fingerprint density at radius 1 is 1.11 bits per heavy atom. The van der Waals surface area contributed by atoms with Crippen LogP contribution in [0.4, 0.5) is 0 Å². The Labute approximate surface area is 118 Å². The van der Waals surface area contributed by atoms with Gasteiger partial charge in [0, 0.05) is 0 Å². The van der Waals surface area contributed by atoms with E-state index in [2.05, 4.69) is 38.1 Å². The van der Waals surface area contributed by atoms with Crippen molar-refractivity contribution >= 4 is 0 Å². The van der Waals surface area contributed by atoms with Crippen molar-refractivity contribution in [3.63, 3.8) is 0 Å². The molecule has 1 nitrogen and oxygen atoms in total. The minimum atomic E-state index is 0.675. The quantitative estimate of drug-likeness (QED) is 0.778. The highest BCUT2D eigenvalue weighted by Gasteiger charge is 2.25. The molecule has 2 atom stereocenters. The Balaban J connectivity index is 2.12. The maximum Gasteiger partial charge on any atom is -0.00713 e. The fourth-order valence-corrected chi connectivity index (χ4v) is 3.52. The van der Waals surface area contributed by atoms with Crippen molar-refractivity contribution in [3.05, 3.63) is 35.4 Å². The molecule has 2 rings (SSSR count). The van der Waals surface area contributed by atoms with Gasteiger partial charge in [-0.05, 0) is 61.1 Å². The molecule has 1 fully saturated rings. The summed E-state index contributed by atoms with van der Waals surface area (Å²) >= 11 is 0. The lowest BCUT2D eigenvalue weighted by Gasteiger charge is -2.24. The Morgan fingerprint density at radius 3 is 2.21 bits per heavy atom. The summed E-state index contributed by atoms with van der Waals surface area (Å²) in [5, 5.41) is 0. The molecule has 1 aliphatic carbocycles. The van der Waals surface area contributed by atoms with Crippen molar-refractivity contribution in [1.82, 2.24) is 0 Å². The third kappa shape index (κ3) is 3.60. The fourth-order valence-electron chi connectivity index (χ4n) is 3.52. The predicted molar refractivity (Wildman–Crippen MR) is 83.5 cm³/mol. The molecule has 2 N–H and O–H groups in total. The molecule has 0 bridgehead atoms. The summed E-state index contributed by atoms with van der Waals surface area (Å²) in [6.07, 6.45) is 7.99. The molecule has 1 heteroatoms. The standard InChI is InChI=1S/C18H29N/c1-3-14(2)15-8-10-17(11-9-15)18(12-13-19)16-6-4-5-7-16/h8-11,14,16,18H,3-7,12-13,19H2,1-2H3. The van der Waals surface area contributed by atoms with Crippen LogP contribution in [0, 0.1) is 5.92 Å². The molecular weight excluding hydrogens is 230 g/mol. The van der Waals surface area contributed by atoms with E-state index in [-0.39, 0.29) is 0 Å². The molecule has 0 spiro atoms. The van der Waals surface area contributed by atoms with E-state index in [0.29, 0.717) is 11.8 Å². The van der Waals surface area contributed by atoms with Gasteiger partial charge < -0.3 is 5.73 Å². The molecule has 0 heterocycles. The van der Waals surface area contributed by atoms with Gasteiger partial charge in [-0.25, -0.2) is 0 Å². The van der Waals surface area contributed by atoms with Gasteiger partial charge >= 0.3 is 0 Å². The molecule has 1 aliphatic rings. The van der Waals surface area contributed by atoms with Gasteiger partial charge in [-0.1, -0.05) is 51.0 Å². The summed E-state index contributed by atoms with van der Waals surface area (Å²) in [6, 6.07) is 9.39. The SMILES string of the molecule is CCC(C)c1ccc(C(CCN)C2CCCC2)cc1. The Kier molecular flexibility index (Phi) is 5.45. The summed E-state index contributed by atoms with van der Waals surface area (Å²) < 4.78 is 0. The number of hydrogen-bond donors (Lipinski definition) is 1. The molecule has 0 aliphatic heterocycles. The van der Waals surface area contributed by atoms with Crippen molar-refractivity contribution in [2.24, 2.45) is 11.7 Å². The lowest BCUT2D eigenvalue weighted by Crippen LogP contribution is -2.14. The van der Waals surface area contributed by atoms with Crippen LogP contribution in [0.2, 0.25) is 0 Å². The molecule has 2 unspecified atom stereocenters. The normalized spacial score (nSPS) is 19.5. The lowest BCUT2D eigenvalue weighted by molar-refractivity contribution is 0.415. The Hall–Kier alpha value is -0.820. The van der Waals surface area contributed by atoms with E-state index in [1.165, 1.54) is 43.2 Å². The molecule has 1 aromatic rings. The van der Waals surface area contributed by atoms with Crippen molar-refractivity contribution in [2.45, 2.75) is 64.2 Å². The highest BCUT2D eigenvalue weighted by atomic mass is 14.5. The van der Waals surface area contributed by atoms with E-state index >= 15 is 0 Å². The number of nitrogens with two attached hydrogens (primary N) is 1. The van der Waals surface area contributed by atoms with E-state index in [4.69, 9.17) is 5.73 Å². The van der Waals surface area contributed by atoms with Gasteiger partial charge in [0.25, 0.3) is 0 Å². The molecule has 1 aromatic carbocycles. The summed E-state index contributed by atoms with van der Waals surface area (Å²) in [4.78, 5) is 0. The van der Waals surface area contributed by atoms with Crippen LogP contribution in [0.5, 0.6) is 0 Å². The second-order valence-electron chi connectivity index (χ2n) is 6.20. The van der Waals surface area contributed by atoms with Crippen LogP contribution in [0.15, 0.2) is 24.3 Å². The molecule has 19 heavy (non-hydrogen) atoms. The maximum atomic E-state index is 5.83. The average molecular weight is 259 g/mol. The first-order valence-corrected chi connectivity index (χ1v) is 8.06. The molecule has 106 valence electrons. The van der Waals surface area contributed by atoms with E-state index < -0.39 is 0 Å². The van der Waals surface area contributed by atoms with E-state index in [1.807, 2.05) is 0 Å². The van der Waals surface area contributed by atoms with Crippen molar-refractivity contribution in [2.75, 3.05) is 6.54 Å². The molecule has 0 aromatic heterocycles. The molecular formula is C18H29N. The largest absolute Gasteiger partial charge is 0.330 e. The molecule has 1 saturated carbocycles. The van der Waals surface area contributed by atoms with Gasteiger partial charge in [0.15, 0.2) is 0 Å². The zero-order valence-electron chi connectivity index (χ0n) is 12.6. The predicted octanol–water partition coefficient (Wildman–Crippen LogP) is 4.82. The van der Waals surface area contributed by atoms with Gasteiger partial charge in [-0.2, -0.15) is 0 Å². The number of benzene rings is 1. The topological polar surface area (TPSA) is 26.0 Å². The zero-order valence-corrected chi connectivity index (χ0v) is 12.6. The lowest BCUT2D eigenvalue weighted by atomic mass is 9.82.